The molecule has 0 bridgehead atoms. The van der Waals surface area contributed by atoms with E-state index in [4.69, 9.17) is 16.3 Å². The predicted molar refractivity (Wildman–Crippen MR) is 61.7 cm³/mol. The van der Waals surface area contributed by atoms with Crippen molar-refractivity contribution >= 4 is 17.7 Å². The summed E-state index contributed by atoms with van der Waals surface area (Å²) >= 11 is 5.89. The van der Waals surface area contributed by atoms with Crippen LogP contribution in [0.4, 0.5) is 4.79 Å². The first-order valence-electron chi connectivity index (χ1n) is 5.42. The number of ether oxygens (including phenoxy) is 1. The number of rotatable bonds is 0. The number of fused-ring (bicyclic) bond motifs is 1. The zero-order chi connectivity index (χ0) is 12.6. The first kappa shape index (κ1) is 12.2. The van der Waals surface area contributed by atoms with Crippen LogP contribution in [0.25, 0.3) is 0 Å². The molecule has 1 aromatic heterocycles. The summed E-state index contributed by atoms with van der Waals surface area (Å²) in [5, 5.41) is 7.99. The molecule has 0 unspecified atom stereocenters. The maximum Gasteiger partial charge on any atom is 0.410 e. The average Bonchev–Trinajstić information content (AvgIpc) is 2.57. The molecule has 2 rings (SSSR count). The molecular weight excluding hydrogens is 244 g/mol. The Labute approximate surface area is 104 Å². The first-order valence-corrected chi connectivity index (χ1v) is 5.80. The summed E-state index contributed by atoms with van der Waals surface area (Å²) in [6, 6.07) is 0. The molecule has 0 saturated carbocycles. The van der Waals surface area contributed by atoms with Crippen molar-refractivity contribution in [1.82, 2.24) is 19.9 Å². The van der Waals surface area contributed by atoms with E-state index in [-0.39, 0.29) is 6.09 Å². The molecule has 17 heavy (non-hydrogen) atoms. The zero-order valence-corrected chi connectivity index (χ0v) is 10.9. The second-order valence-electron chi connectivity index (χ2n) is 4.95. The molecule has 94 valence electrons. The fraction of sp³-hybridized carbons (Fsp3) is 0.700. The summed E-state index contributed by atoms with van der Waals surface area (Å²) in [7, 11) is 0. The molecule has 0 atom stereocenters. The highest BCUT2D eigenvalue weighted by molar-refractivity contribution is 6.30. The van der Waals surface area contributed by atoms with Gasteiger partial charge in [-0.1, -0.05) is 16.8 Å². The van der Waals surface area contributed by atoms with E-state index >= 15 is 0 Å². The van der Waals surface area contributed by atoms with Crippen LogP contribution in [0.15, 0.2) is 0 Å². The Morgan fingerprint density at radius 3 is 2.76 bits per heavy atom. The molecule has 1 aliphatic rings. The predicted octanol–water partition coefficient (Wildman–Crippen LogP) is 1.68. The third-order valence-electron chi connectivity index (χ3n) is 2.36. The van der Waals surface area contributed by atoms with Gasteiger partial charge in [-0.3, -0.25) is 0 Å². The topological polar surface area (TPSA) is 60.2 Å². The Kier molecular flexibility index (Phi) is 2.99. The number of hydrogen-bond donors (Lipinski definition) is 0. The molecule has 6 nitrogen and oxygen atoms in total. The fourth-order valence-electron chi connectivity index (χ4n) is 1.60. The second kappa shape index (κ2) is 4.18. The molecule has 2 heterocycles. The molecule has 0 aliphatic carbocycles. The molecule has 1 aliphatic heterocycles. The van der Waals surface area contributed by atoms with Gasteiger partial charge in [0.15, 0.2) is 5.15 Å². The maximum atomic E-state index is 11.9. The highest BCUT2D eigenvalue weighted by Crippen LogP contribution is 2.20. The first-order chi connectivity index (χ1) is 7.87. The molecule has 0 aromatic carbocycles. The Morgan fingerprint density at radius 1 is 1.41 bits per heavy atom. The molecule has 7 heteroatoms. The smallest absolute Gasteiger partial charge is 0.410 e. The minimum absolute atomic E-state index is 0.332. The third-order valence-corrected chi connectivity index (χ3v) is 2.66. The van der Waals surface area contributed by atoms with Gasteiger partial charge in [0.25, 0.3) is 0 Å². The number of hydrogen-bond acceptors (Lipinski definition) is 4. The van der Waals surface area contributed by atoms with Gasteiger partial charge in [0.1, 0.15) is 5.60 Å². The lowest BCUT2D eigenvalue weighted by Gasteiger charge is -2.30. The summed E-state index contributed by atoms with van der Waals surface area (Å²) in [5.74, 6) is 0. The number of carbonyl (C=O) groups excluding carboxylic acids is 1. The molecule has 0 radical (unpaired) electrons. The van der Waals surface area contributed by atoms with E-state index in [1.54, 1.807) is 9.58 Å². The van der Waals surface area contributed by atoms with Gasteiger partial charge in [-0.25, -0.2) is 9.48 Å². The molecular formula is C10H15ClN4O2. The lowest BCUT2D eigenvalue weighted by molar-refractivity contribution is 0.0194. The van der Waals surface area contributed by atoms with Gasteiger partial charge in [-0.15, -0.1) is 5.10 Å². The van der Waals surface area contributed by atoms with E-state index in [9.17, 15) is 4.79 Å². The molecule has 0 saturated heterocycles. The van der Waals surface area contributed by atoms with Gasteiger partial charge in [-0.05, 0) is 20.8 Å². The van der Waals surface area contributed by atoms with Crippen LogP contribution in [-0.4, -0.2) is 38.1 Å². The van der Waals surface area contributed by atoms with E-state index < -0.39 is 5.60 Å². The van der Waals surface area contributed by atoms with Crippen LogP contribution >= 0.6 is 11.6 Å². The number of carbonyl (C=O) groups is 1. The van der Waals surface area contributed by atoms with Crippen molar-refractivity contribution < 1.29 is 9.53 Å². The minimum Gasteiger partial charge on any atom is -0.444 e. The monoisotopic (exact) mass is 258 g/mol. The van der Waals surface area contributed by atoms with E-state index in [1.165, 1.54) is 0 Å². The molecule has 0 spiro atoms. The van der Waals surface area contributed by atoms with Crippen molar-refractivity contribution in [3.63, 3.8) is 0 Å². The summed E-state index contributed by atoms with van der Waals surface area (Å²) < 4.78 is 7.01. The zero-order valence-electron chi connectivity index (χ0n) is 10.1. The highest BCUT2D eigenvalue weighted by Gasteiger charge is 2.27. The van der Waals surface area contributed by atoms with Gasteiger partial charge in [-0.2, -0.15) is 0 Å². The summed E-state index contributed by atoms with van der Waals surface area (Å²) in [6.07, 6.45) is -0.332. The summed E-state index contributed by atoms with van der Waals surface area (Å²) in [5.41, 5.74) is 0.264. The highest BCUT2D eigenvalue weighted by atomic mass is 35.5. The SMILES string of the molecule is CC(C)(C)OC(=O)N1CCn2nnc(Cl)c2C1. The maximum absolute atomic E-state index is 11.9. The normalized spacial score (nSPS) is 15.6. The lowest BCUT2D eigenvalue weighted by atomic mass is 10.2. The van der Waals surface area contributed by atoms with Gasteiger partial charge >= 0.3 is 6.09 Å². The molecule has 1 aromatic rings. The lowest BCUT2D eigenvalue weighted by Crippen LogP contribution is -2.41. The van der Waals surface area contributed by atoms with E-state index in [0.717, 1.165) is 5.69 Å². The van der Waals surface area contributed by atoms with Gasteiger partial charge < -0.3 is 9.64 Å². The quantitative estimate of drug-likeness (QED) is 0.710. The largest absolute Gasteiger partial charge is 0.444 e. The van der Waals surface area contributed by atoms with Crippen LogP contribution in [-0.2, 0) is 17.8 Å². The van der Waals surface area contributed by atoms with E-state index in [0.29, 0.717) is 24.8 Å². The number of amides is 1. The molecule has 0 fully saturated rings. The van der Waals surface area contributed by atoms with Gasteiger partial charge in [0.2, 0.25) is 0 Å². The standard InChI is InChI=1S/C10H15ClN4O2/c1-10(2,3)17-9(16)14-4-5-15-7(6-14)8(11)12-13-15/h4-6H2,1-3H3. The van der Waals surface area contributed by atoms with Crippen LogP contribution in [0.1, 0.15) is 26.5 Å². The van der Waals surface area contributed by atoms with Crippen molar-refractivity contribution in [3.8, 4) is 0 Å². The number of halogens is 1. The number of nitrogens with zero attached hydrogens (tertiary/aromatic N) is 4. The molecule has 1 amide bonds. The minimum atomic E-state index is -0.489. The Bertz CT molecular complexity index is 438. The van der Waals surface area contributed by atoms with E-state index in [2.05, 4.69) is 10.3 Å². The van der Waals surface area contributed by atoms with Crippen molar-refractivity contribution in [2.75, 3.05) is 6.54 Å². The van der Waals surface area contributed by atoms with Crippen LogP contribution in [0.2, 0.25) is 5.15 Å². The van der Waals surface area contributed by atoms with Crippen molar-refractivity contribution in [1.29, 1.82) is 0 Å². The van der Waals surface area contributed by atoms with Crippen molar-refractivity contribution in [3.05, 3.63) is 10.8 Å². The van der Waals surface area contributed by atoms with Crippen LogP contribution < -0.4 is 0 Å². The van der Waals surface area contributed by atoms with Crippen molar-refractivity contribution in [2.24, 2.45) is 0 Å². The third kappa shape index (κ3) is 2.69. The van der Waals surface area contributed by atoms with Crippen LogP contribution in [0.5, 0.6) is 0 Å². The van der Waals surface area contributed by atoms with Crippen LogP contribution in [0, 0.1) is 0 Å². The Hall–Kier alpha value is -1.30. The van der Waals surface area contributed by atoms with Gasteiger partial charge in [0.05, 0.1) is 18.8 Å². The number of aromatic nitrogens is 3. The average molecular weight is 259 g/mol. The Morgan fingerprint density at radius 2 is 2.12 bits per heavy atom. The Balaban J connectivity index is 2.07. The van der Waals surface area contributed by atoms with Gasteiger partial charge in [0, 0.05) is 6.54 Å². The van der Waals surface area contributed by atoms with Crippen LogP contribution in [0.3, 0.4) is 0 Å². The fourth-order valence-corrected chi connectivity index (χ4v) is 1.79. The van der Waals surface area contributed by atoms with E-state index in [1.807, 2.05) is 20.8 Å². The molecule has 0 N–H and O–H groups in total. The summed E-state index contributed by atoms with van der Waals surface area (Å²) in [4.78, 5) is 13.5. The van der Waals surface area contributed by atoms with Crippen molar-refractivity contribution in [2.45, 2.75) is 39.5 Å². The second-order valence-corrected chi connectivity index (χ2v) is 5.31. The summed E-state index contributed by atoms with van der Waals surface area (Å²) in [6.45, 7) is 7.06.